The number of aliphatic carboxylic acids is 1. The Morgan fingerprint density at radius 3 is 1.52 bits per heavy atom. The second kappa shape index (κ2) is 22.0. The van der Waals surface area contributed by atoms with E-state index in [1.54, 1.807) is 0 Å². The molecule has 0 amide bonds. The maximum Gasteiger partial charge on any atom is 2.00 e. The number of carboxylic acid groups (broad SMARTS) is 1. The quantitative estimate of drug-likeness (QED) is 0.166. The first-order chi connectivity index (χ1) is 11.7. The van der Waals surface area contributed by atoms with Crippen molar-refractivity contribution in [2.24, 2.45) is 0 Å². The van der Waals surface area contributed by atoms with Crippen molar-refractivity contribution in [1.82, 2.24) is 0 Å². The average molecular weight is 380 g/mol. The molecule has 0 rings (SSSR count). The van der Waals surface area contributed by atoms with Crippen LogP contribution in [0.25, 0.3) is 0 Å². The van der Waals surface area contributed by atoms with Crippen LogP contribution >= 0.6 is 0 Å². The van der Waals surface area contributed by atoms with Crippen molar-refractivity contribution >= 4 is 49.7 Å². The maximum absolute atomic E-state index is 11.1. The molecule has 0 bridgehead atoms. The maximum atomic E-state index is 11.1. The first kappa shape index (κ1) is 27.2. The number of hydrogen-bond donors (Lipinski definition) is 0. The molecule has 0 aromatic heterocycles. The molecule has 0 aliphatic heterocycles. The van der Waals surface area contributed by atoms with Crippen molar-refractivity contribution in [2.45, 2.75) is 96.8 Å². The van der Waals surface area contributed by atoms with Crippen LogP contribution < -0.4 is 5.11 Å². The third-order valence-electron chi connectivity index (χ3n) is 4.10. The number of carbonyl (C=O) groups excluding carboxylic acids is 2. The summed E-state index contributed by atoms with van der Waals surface area (Å²) in [7, 11) is 0. The second-order valence-corrected chi connectivity index (χ2v) is 6.42. The fourth-order valence-corrected chi connectivity index (χ4v) is 2.65. The van der Waals surface area contributed by atoms with Gasteiger partial charge >= 0.3 is 43.7 Å². The van der Waals surface area contributed by atoms with Gasteiger partial charge in [-0.1, -0.05) is 90.4 Å². The smallest absolute Gasteiger partial charge is 0.545 e. The predicted octanol–water partition coefficient (Wildman–Crippen LogP) is 3.94. The number of ether oxygens (including phenoxy) is 1. The number of esters is 1. The van der Waals surface area contributed by atoms with Crippen LogP contribution in [0.4, 0.5) is 0 Å². The van der Waals surface area contributed by atoms with Crippen LogP contribution in [0.3, 0.4) is 0 Å². The van der Waals surface area contributed by atoms with Crippen LogP contribution in [0.1, 0.15) is 96.8 Å². The van der Waals surface area contributed by atoms with Gasteiger partial charge < -0.3 is 14.6 Å². The molecule has 0 saturated carbocycles. The summed E-state index contributed by atoms with van der Waals surface area (Å²) in [5.74, 6) is -2.00. The summed E-state index contributed by atoms with van der Waals surface area (Å²) in [6.07, 6.45) is 19.5. The first-order valence-electron chi connectivity index (χ1n) is 9.72. The molecule has 0 aromatic carbocycles. The first-order valence-corrected chi connectivity index (χ1v) is 9.72. The Kier molecular flexibility index (Phi) is 23.9. The summed E-state index contributed by atoms with van der Waals surface area (Å²) in [4.78, 5) is 21.2. The Labute approximate surface area is 183 Å². The SMILES string of the molecule is CCCCCCCCCCCCCCCCOC(=O)/C=C/C(=O)[O-].[Ca+2]. The minimum atomic E-state index is -1.39. The van der Waals surface area contributed by atoms with Gasteiger partial charge in [0.15, 0.2) is 0 Å². The van der Waals surface area contributed by atoms with Crippen LogP contribution in [0.2, 0.25) is 0 Å². The molecule has 25 heavy (non-hydrogen) atoms. The summed E-state index contributed by atoms with van der Waals surface area (Å²) in [6, 6.07) is 0. The minimum Gasteiger partial charge on any atom is -0.545 e. The zero-order chi connectivity index (χ0) is 17.9. The zero-order valence-corrected chi connectivity index (χ0v) is 18.3. The topological polar surface area (TPSA) is 66.4 Å². The summed E-state index contributed by atoms with van der Waals surface area (Å²) in [5.41, 5.74) is 0. The van der Waals surface area contributed by atoms with E-state index in [1.165, 1.54) is 77.0 Å². The minimum absolute atomic E-state index is 0. The molecular formula is C20H35CaO4+. The molecule has 0 aliphatic carbocycles. The Morgan fingerprint density at radius 2 is 1.12 bits per heavy atom. The summed E-state index contributed by atoms with van der Waals surface area (Å²) >= 11 is 0. The van der Waals surface area contributed by atoms with Crippen LogP contribution in [0.5, 0.6) is 0 Å². The molecule has 140 valence electrons. The zero-order valence-electron chi connectivity index (χ0n) is 16.1. The normalized spacial score (nSPS) is 10.6. The summed E-state index contributed by atoms with van der Waals surface area (Å²) < 4.78 is 4.88. The number of carboxylic acids is 1. The molecule has 0 N–H and O–H groups in total. The summed E-state index contributed by atoms with van der Waals surface area (Å²) in [5, 5.41) is 10.1. The Morgan fingerprint density at radius 1 is 0.720 bits per heavy atom. The van der Waals surface area contributed by atoms with E-state index in [0.29, 0.717) is 12.7 Å². The summed E-state index contributed by atoms with van der Waals surface area (Å²) in [6.45, 7) is 2.61. The molecular weight excluding hydrogens is 344 g/mol. The molecule has 0 aromatic rings. The molecule has 0 atom stereocenters. The molecule has 0 saturated heterocycles. The molecule has 0 radical (unpaired) electrons. The van der Waals surface area contributed by atoms with Gasteiger partial charge in [0.2, 0.25) is 0 Å². The van der Waals surface area contributed by atoms with Gasteiger partial charge in [-0.3, -0.25) is 0 Å². The monoisotopic (exact) mass is 379 g/mol. The Balaban J connectivity index is 0. The van der Waals surface area contributed by atoms with Gasteiger partial charge in [-0.15, -0.1) is 0 Å². The second-order valence-electron chi connectivity index (χ2n) is 6.42. The van der Waals surface area contributed by atoms with Gasteiger partial charge in [-0.2, -0.15) is 0 Å². The Bertz CT molecular complexity index is 343. The largest absolute Gasteiger partial charge is 2.00 e. The Hall–Kier alpha value is -0.0603. The van der Waals surface area contributed by atoms with Crippen LogP contribution in [0.15, 0.2) is 12.2 Å². The molecule has 4 nitrogen and oxygen atoms in total. The molecule has 5 heteroatoms. The third kappa shape index (κ3) is 23.9. The van der Waals surface area contributed by atoms with E-state index >= 15 is 0 Å². The van der Waals surface area contributed by atoms with E-state index in [-0.39, 0.29) is 37.7 Å². The van der Waals surface area contributed by atoms with Crippen LogP contribution in [0, 0.1) is 0 Å². The van der Waals surface area contributed by atoms with E-state index < -0.39 is 11.9 Å². The molecule has 0 spiro atoms. The van der Waals surface area contributed by atoms with Gasteiger partial charge in [-0.05, 0) is 12.5 Å². The molecule has 0 heterocycles. The number of hydrogen-bond acceptors (Lipinski definition) is 4. The van der Waals surface area contributed by atoms with E-state index in [9.17, 15) is 14.7 Å². The van der Waals surface area contributed by atoms with Crippen molar-refractivity contribution in [3.8, 4) is 0 Å². The number of rotatable bonds is 17. The van der Waals surface area contributed by atoms with Crippen molar-refractivity contribution < 1.29 is 19.4 Å². The number of unbranched alkanes of at least 4 members (excludes halogenated alkanes) is 13. The van der Waals surface area contributed by atoms with Crippen molar-refractivity contribution in [3.05, 3.63) is 12.2 Å². The van der Waals surface area contributed by atoms with Crippen molar-refractivity contribution in [3.63, 3.8) is 0 Å². The molecule has 0 aliphatic rings. The van der Waals surface area contributed by atoms with E-state index in [2.05, 4.69) is 6.92 Å². The van der Waals surface area contributed by atoms with Crippen molar-refractivity contribution in [2.75, 3.05) is 6.61 Å². The van der Waals surface area contributed by atoms with Gasteiger partial charge in [0, 0.05) is 6.08 Å². The van der Waals surface area contributed by atoms with E-state index in [0.717, 1.165) is 18.9 Å². The van der Waals surface area contributed by atoms with Gasteiger partial charge in [0.1, 0.15) is 0 Å². The average Bonchev–Trinajstić information content (AvgIpc) is 2.56. The fourth-order valence-electron chi connectivity index (χ4n) is 2.65. The van der Waals surface area contributed by atoms with Gasteiger partial charge in [-0.25, -0.2) is 4.79 Å². The molecule has 0 unspecified atom stereocenters. The third-order valence-corrected chi connectivity index (χ3v) is 4.10. The number of carbonyl (C=O) groups is 2. The van der Waals surface area contributed by atoms with Crippen molar-refractivity contribution in [1.29, 1.82) is 0 Å². The fraction of sp³-hybridized carbons (Fsp3) is 0.800. The standard InChI is InChI=1S/C20H36O4.Ca/c1-2-3-4-5-6-7-8-9-10-11-12-13-14-15-18-24-20(23)17-16-19(21)22;/h16-17H,2-15,18H2,1H3,(H,21,22);/q;+2/p-1/b17-16+;. The van der Waals surface area contributed by atoms with Crippen LogP contribution in [-0.2, 0) is 14.3 Å². The van der Waals surface area contributed by atoms with E-state index in [4.69, 9.17) is 4.74 Å². The molecule has 0 fully saturated rings. The predicted molar refractivity (Wildman–Crippen MR) is 101 cm³/mol. The van der Waals surface area contributed by atoms with E-state index in [1.807, 2.05) is 0 Å². The van der Waals surface area contributed by atoms with Gasteiger partial charge in [0.25, 0.3) is 0 Å². The van der Waals surface area contributed by atoms with Gasteiger partial charge in [0.05, 0.1) is 12.6 Å². The van der Waals surface area contributed by atoms with Crippen LogP contribution in [-0.4, -0.2) is 56.3 Å².